The van der Waals surface area contributed by atoms with Crippen LogP contribution < -0.4 is 29.7 Å². The first kappa shape index (κ1) is 34.3. The number of rotatable bonds is 10. The number of halogens is 6. The Morgan fingerprint density at radius 1 is 0.837 bits per heavy atom. The number of anilines is 2. The number of amides is 1. The van der Waals surface area contributed by atoms with Crippen LogP contribution in [0.1, 0.15) is 49.0 Å². The normalized spacial score (nSPS) is 18.2. The summed E-state index contributed by atoms with van der Waals surface area (Å²) in [4.78, 5) is 37.0. The smallest absolute Gasteiger partial charge is 0.419 e. The highest BCUT2D eigenvalue weighted by atomic mass is 32.1. The van der Waals surface area contributed by atoms with Gasteiger partial charge in [0.25, 0.3) is 5.91 Å². The molecule has 6 rings (SSSR count). The number of hydrogen-bond donors (Lipinski definition) is 1. The summed E-state index contributed by atoms with van der Waals surface area (Å²) in [5, 5.41) is 15.3. The largest absolute Gasteiger partial charge is 0.544 e. The Bertz CT molecular complexity index is 1830. The fraction of sp³-hybridized carbons (Fsp3) is 0.355. The zero-order valence-electron chi connectivity index (χ0n) is 25.2. The highest BCUT2D eigenvalue weighted by Crippen LogP contribution is 2.39. The SMILES string of the molecule is O=C(NCc1nc(N2CC[C@H](Oc3ccccc3C(F)(F)F)C2)sc1C(=O)[O-])c1cnc(N2CC[C@H](Oc3ccccc3C(F)(F)F)C2)s1. The van der Waals surface area contributed by atoms with Crippen LogP contribution in [0.25, 0.3) is 0 Å². The first-order valence-electron chi connectivity index (χ1n) is 14.9. The molecule has 0 aliphatic carbocycles. The second kappa shape index (κ2) is 13.7. The quantitative estimate of drug-likeness (QED) is 0.219. The molecule has 2 saturated heterocycles. The molecule has 0 spiro atoms. The molecule has 0 bridgehead atoms. The molecule has 0 saturated carbocycles. The van der Waals surface area contributed by atoms with E-state index in [-0.39, 0.29) is 46.6 Å². The van der Waals surface area contributed by atoms with Crippen molar-refractivity contribution in [2.24, 2.45) is 0 Å². The van der Waals surface area contributed by atoms with Crippen LogP contribution in [-0.4, -0.2) is 60.2 Å². The molecule has 1 amide bonds. The molecule has 2 fully saturated rings. The zero-order valence-corrected chi connectivity index (χ0v) is 26.8. The van der Waals surface area contributed by atoms with Crippen LogP contribution in [-0.2, 0) is 18.9 Å². The summed E-state index contributed by atoms with van der Waals surface area (Å²) in [6, 6.07) is 9.88. The van der Waals surface area contributed by atoms with Gasteiger partial charge in [-0.3, -0.25) is 4.79 Å². The minimum absolute atomic E-state index is 0.0449. The average molecular weight is 727 g/mol. The number of benzene rings is 2. The maximum Gasteiger partial charge on any atom is 0.419 e. The molecule has 2 atom stereocenters. The van der Waals surface area contributed by atoms with E-state index in [0.717, 1.165) is 34.8 Å². The van der Waals surface area contributed by atoms with Crippen LogP contribution in [0.4, 0.5) is 36.6 Å². The Kier molecular flexibility index (Phi) is 9.61. The molecule has 10 nitrogen and oxygen atoms in total. The number of nitrogens with one attached hydrogen (secondary N) is 1. The molecule has 2 aromatic carbocycles. The predicted molar refractivity (Wildman–Crippen MR) is 165 cm³/mol. The van der Waals surface area contributed by atoms with Crippen molar-refractivity contribution in [3.05, 3.63) is 81.3 Å². The molecule has 0 unspecified atom stereocenters. The topological polar surface area (TPSA) is 120 Å². The summed E-state index contributed by atoms with van der Waals surface area (Å²) in [6.07, 6.45) is -8.12. The van der Waals surface area contributed by atoms with Gasteiger partial charge >= 0.3 is 12.4 Å². The van der Waals surface area contributed by atoms with Gasteiger partial charge in [0, 0.05) is 25.9 Å². The van der Waals surface area contributed by atoms with Gasteiger partial charge in [-0.2, -0.15) is 26.3 Å². The fourth-order valence-electron chi connectivity index (χ4n) is 5.48. The molecular weight excluding hydrogens is 700 g/mol. The van der Waals surface area contributed by atoms with Crippen molar-refractivity contribution >= 4 is 44.8 Å². The van der Waals surface area contributed by atoms with Crippen LogP contribution in [0, 0.1) is 0 Å². The first-order valence-corrected chi connectivity index (χ1v) is 16.5. The lowest BCUT2D eigenvalue weighted by atomic mass is 10.2. The monoisotopic (exact) mass is 726 g/mol. The van der Waals surface area contributed by atoms with E-state index in [1.807, 2.05) is 0 Å². The van der Waals surface area contributed by atoms with Crippen molar-refractivity contribution in [1.29, 1.82) is 0 Å². The van der Waals surface area contributed by atoms with Crippen molar-refractivity contribution in [2.45, 2.75) is 43.9 Å². The molecule has 1 N–H and O–H groups in total. The number of aromatic carboxylic acids is 1. The van der Waals surface area contributed by atoms with Crippen LogP contribution in [0.3, 0.4) is 0 Å². The van der Waals surface area contributed by atoms with Crippen LogP contribution in [0.15, 0.2) is 54.7 Å². The van der Waals surface area contributed by atoms with E-state index < -0.39 is 47.6 Å². The van der Waals surface area contributed by atoms with Gasteiger partial charge in [0.05, 0.1) is 53.5 Å². The third kappa shape index (κ3) is 7.85. The van der Waals surface area contributed by atoms with E-state index in [9.17, 15) is 41.0 Å². The highest BCUT2D eigenvalue weighted by Gasteiger charge is 2.37. The zero-order chi connectivity index (χ0) is 34.9. The molecule has 18 heteroatoms. The lowest BCUT2D eigenvalue weighted by Crippen LogP contribution is -2.27. The molecular formula is C31H26F6N5O5S2-. The van der Waals surface area contributed by atoms with Crippen molar-refractivity contribution < 1.29 is 50.5 Å². The average Bonchev–Trinajstić information content (AvgIpc) is 3.86. The maximum absolute atomic E-state index is 13.4. The number of para-hydroxylation sites is 2. The van der Waals surface area contributed by atoms with Gasteiger partial charge in [-0.25, -0.2) is 9.97 Å². The van der Waals surface area contributed by atoms with E-state index in [1.54, 1.807) is 9.80 Å². The number of aromatic nitrogens is 2. The van der Waals surface area contributed by atoms with Gasteiger partial charge in [-0.1, -0.05) is 46.9 Å². The number of hydrogen-bond acceptors (Lipinski definition) is 11. The minimum Gasteiger partial charge on any atom is -0.544 e. The van der Waals surface area contributed by atoms with Gasteiger partial charge in [0.1, 0.15) is 28.6 Å². The number of carboxylic acids is 1. The molecule has 49 heavy (non-hydrogen) atoms. The number of carbonyl (C=O) groups is 2. The molecule has 2 aliphatic heterocycles. The summed E-state index contributed by atoms with van der Waals surface area (Å²) < 4.78 is 91.6. The number of carboxylic acid groups (broad SMARTS) is 1. The summed E-state index contributed by atoms with van der Waals surface area (Å²) in [6.45, 7) is 0.969. The third-order valence-corrected chi connectivity index (χ3v) is 10.0. The number of alkyl halides is 6. The lowest BCUT2D eigenvalue weighted by molar-refractivity contribution is -0.254. The van der Waals surface area contributed by atoms with E-state index in [4.69, 9.17) is 9.47 Å². The molecule has 2 aliphatic rings. The van der Waals surface area contributed by atoms with Crippen molar-refractivity contribution in [1.82, 2.24) is 15.3 Å². The standard InChI is InChI=1S/C31H27F6N5O5S2/c32-30(33,34)19-5-1-3-7-22(19)46-17-9-11-41(15-17)28-39-14-24(48-28)26(43)38-13-21-25(27(44)45)49-29(40-21)42-12-10-18(16-42)47-23-8-4-2-6-20(23)31(35,36)37/h1-8,14,17-18H,9-13,15-16H2,(H,38,43)(H,44,45)/p-1/t17-,18-/m0/s1. The van der Waals surface area contributed by atoms with Gasteiger partial charge in [-0.15, -0.1) is 0 Å². The first-order chi connectivity index (χ1) is 23.3. The number of carbonyl (C=O) groups excluding carboxylic acids is 2. The predicted octanol–water partition coefficient (Wildman–Crippen LogP) is 5.25. The Morgan fingerprint density at radius 2 is 1.37 bits per heavy atom. The second-order valence-corrected chi connectivity index (χ2v) is 13.2. The Hall–Kier alpha value is -4.58. The maximum atomic E-state index is 13.4. The fourth-order valence-corrected chi connectivity index (χ4v) is 7.30. The molecule has 260 valence electrons. The van der Waals surface area contributed by atoms with E-state index in [0.29, 0.717) is 36.2 Å². The third-order valence-electron chi connectivity index (χ3n) is 7.81. The highest BCUT2D eigenvalue weighted by molar-refractivity contribution is 7.17. The van der Waals surface area contributed by atoms with Crippen molar-refractivity contribution in [3.8, 4) is 11.5 Å². The van der Waals surface area contributed by atoms with Crippen LogP contribution >= 0.6 is 22.7 Å². The van der Waals surface area contributed by atoms with Crippen molar-refractivity contribution in [2.75, 3.05) is 36.0 Å². The summed E-state index contributed by atoms with van der Waals surface area (Å²) >= 11 is 1.88. The van der Waals surface area contributed by atoms with Crippen LogP contribution in [0.2, 0.25) is 0 Å². The Labute approximate surface area is 282 Å². The van der Waals surface area contributed by atoms with Gasteiger partial charge in [0.15, 0.2) is 10.3 Å². The van der Waals surface area contributed by atoms with E-state index in [1.165, 1.54) is 42.6 Å². The van der Waals surface area contributed by atoms with Crippen molar-refractivity contribution in [3.63, 3.8) is 0 Å². The number of nitrogens with zero attached hydrogens (tertiary/aromatic N) is 4. The number of thiazole rings is 2. The van der Waals surface area contributed by atoms with Gasteiger partial charge in [-0.05, 0) is 24.3 Å². The Balaban J connectivity index is 1.05. The molecule has 4 heterocycles. The number of ether oxygens (including phenoxy) is 2. The van der Waals surface area contributed by atoms with E-state index in [2.05, 4.69) is 15.3 Å². The second-order valence-electron chi connectivity index (χ2n) is 11.2. The lowest BCUT2D eigenvalue weighted by Gasteiger charge is -2.19. The van der Waals surface area contributed by atoms with Gasteiger partial charge in [0.2, 0.25) is 0 Å². The summed E-state index contributed by atoms with van der Waals surface area (Å²) in [5.41, 5.74) is -1.71. The van der Waals surface area contributed by atoms with Crippen LogP contribution in [0.5, 0.6) is 11.5 Å². The van der Waals surface area contributed by atoms with Gasteiger partial charge < -0.3 is 34.5 Å². The minimum atomic E-state index is -4.59. The molecule has 4 aromatic rings. The summed E-state index contributed by atoms with van der Waals surface area (Å²) in [7, 11) is 0. The molecule has 0 radical (unpaired) electrons. The van der Waals surface area contributed by atoms with E-state index >= 15 is 0 Å². The molecule has 2 aromatic heterocycles. The summed E-state index contributed by atoms with van der Waals surface area (Å²) in [5.74, 6) is -2.60. The Morgan fingerprint density at radius 3 is 1.90 bits per heavy atom.